The molecule has 1 unspecified atom stereocenters. The highest BCUT2D eigenvalue weighted by Gasteiger charge is 2.38. The summed E-state index contributed by atoms with van der Waals surface area (Å²) in [5, 5.41) is 3.30. The lowest BCUT2D eigenvalue weighted by Crippen LogP contribution is -2.44. The van der Waals surface area contributed by atoms with Gasteiger partial charge in [0.2, 0.25) is 11.8 Å². The molecular formula is C17H25F3N2OSi. The molecular weight excluding hydrogens is 333 g/mol. The third-order valence-corrected chi connectivity index (χ3v) is 6.64. The third-order valence-electron chi connectivity index (χ3n) is 4.62. The number of halogens is 3. The molecule has 1 aromatic rings. The van der Waals surface area contributed by atoms with E-state index < -0.39 is 25.9 Å². The standard InChI is InChI=1S/C17H25F3N2OSi/c1-24(2,3)14-5-4-12(10-13(14)18)22-16(23)15(21)11-6-8-17(19,20)9-7-11/h4-5,10-11,15H,6-9,21H2,1-3H3,(H,22,23). The number of hydrogen-bond acceptors (Lipinski definition) is 2. The summed E-state index contributed by atoms with van der Waals surface area (Å²) < 4.78 is 40.6. The average Bonchev–Trinajstić information content (AvgIpc) is 2.45. The Bertz CT molecular complexity index is 606. The molecule has 1 fully saturated rings. The van der Waals surface area contributed by atoms with Crippen molar-refractivity contribution in [2.45, 2.75) is 57.3 Å². The normalized spacial score (nSPS) is 19.8. The number of carbonyl (C=O) groups excluding carboxylic acids is 1. The Kier molecular flexibility index (Phi) is 5.44. The second-order valence-electron chi connectivity index (χ2n) is 7.65. The number of alkyl halides is 2. The highest BCUT2D eigenvalue weighted by Crippen LogP contribution is 2.37. The number of anilines is 1. The van der Waals surface area contributed by atoms with E-state index >= 15 is 0 Å². The number of benzene rings is 1. The number of amides is 1. The predicted molar refractivity (Wildman–Crippen MR) is 92.9 cm³/mol. The maximum absolute atomic E-state index is 14.2. The van der Waals surface area contributed by atoms with E-state index in [1.54, 1.807) is 12.1 Å². The summed E-state index contributed by atoms with van der Waals surface area (Å²) in [6, 6.07) is 3.80. The molecule has 1 aromatic carbocycles. The largest absolute Gasteiger partial charge is 0.325 e. The van der Waals surface area contributed by atoms with E-state index in [0.29, 0.717) is 10.9 Å². The van der Waals surface area contributed by atoms with Gasteiger partial charge in [0.15, 0.2) is 0 Å². The first-order chi connectivity index (χ1) is 11.0. The van der Waals surface area contributed by atoms with Crippen LogP contribution in [0.15, 0.2) is 18.2 Å². The molecule has 0 saturated heterocycles. The molecule has 24 heavy (non-hydrogen) atoms. The third kappa shape index (κ3) is 4.60. The van der Waals surface area contributed by atoms with Crippen molar-refractivity contribution < 1.29 is 18.0 Å². The van der Waals surface area contributed by atoms with Crippen LogP contribution in [0.4, 0.5) is 18.9 Å². The minimum Gasteiger partial charge on any atom is -0.325 e. The van der Waals surface area contributed by atoms with Crippen LogP contribution < -0.4 is 16.2 Å². The Hall–Kier alpha value is -1.34. The van der Waals surface area contributed by atoms with Crippen molar-refractivity contribution in [2.75, 3.05) is 5.32 Å². The lowest BCUT2D eigenvalue weighted by molar-refractivity contribution is -0.120. The summed E-state index contributed by atoms with van der Waals surface area (Å²) in [6.07, 6.45) is -0.0224. The lowest BCUT2D eigenvalue weighted by atomic mass is 9.82. The average molecular weight is 358 g/mol. The van der Waals surface area contributed by atoms with Gasteiger partial charge in [0.1, 0.15) is 5.82 Å². The molecule has 1 aliphatic carbocycles. The molecule has 0 bridgehead atoms. The van der Waals surface area contributed by atoms with Crippen LogP contribution >= 0.6 is 0 Å². The van der Waals surface area contributed by atoms with Gasteiger partial charge in [0.05, 0.1) is 14.1 Å². The van der Waals surface area contributed by atoms with Gasteiger partial charge in [-0.2, -0.15) is 0 Å². The van der Waals surface area contributed by atoms with Gasteiger partial charge in [-0.15, -0.1) is 0 Å². The van der Waals surface area contributed by atoms with Crippen molar-refractivity contribution in [3.63, 3.8) is 0 Å². The van der Waals surface area contributed by atoms with E-state index in [1.165, 1.54) is 6.07 Å². The van der Waals surface area contributed by atoms with Crippen molar-refractivity contribution in [1.29, 1.82) is 0 Å². The highest BCUT2D eigenvalue weighted by molar-refractivity contribution is 6.88. The van der Waals surface area contributed by atoms with E-state index in [9.17, 15) is 18.0 Å². The van der Waals surface area contributed by atoms with E-state index in [2.05, 4.69) is 5.32 Å². The van der Waals surface area contributed by atoms with Gasteiger partial charge in [-0.3, -0.25) is 4.79 Å². The van der Waals surface area contributed by atoms with Crippen molar-refractivity contribution in [3.8, 4) is 0 Å². The molecule has 0 aromatic heterocycles. The van der Waals surface area contributed by atoms with Gasteiger partial charge >= 0.3 is 0 Å². The number of carbonyl (C=O) groups is 1. The fourth-order valence-corrected chi connectivity index (χ4v) is 4.43. The summed E-state index contributed by atoms with van der Waals surface area (Å²) in [5.74, 6) is -3.71. The second kappa shape index (κ2) is 6.88. The lowest BCUT2D eigenvalue weighted by Gasteiger charge is -2.31. The van der Waals surface area contributed by atoms with E-state index in [4.69, 9.17) is 5.73 Å². The van der Waals surface area contributed by atoms with Gasteiger partial charge in [0.25, 0.3) is 0 Å². The molecule has 3 N–H and O–H groups in total. The molecule has 1 aliphatic rings. The van der Waals surface area contributed by atoms with Gasteiger partial charge in [0, 0.05) is 18.5 Å². The zero-order chi connectivity index (χ0) is 18.1. The quantitative estimate of drug-likeness (QED) is 0.810. The number of nitrogens with two attached hydrogens (primary N) is 1. The minimum atomic E-state index is -2.65. The van der Waals surface area contributed by atoms with Gasteiger partial charge < -0.3 is 11.1 Å². The molecule has 3 nitrogen and oxygen atoms in total. The number of hydrogen-bond donors (Lipinski definition) is 2. The molecule has 2 rings (SSSR count). The summed E-state index contributed by atoms with van der Waals surface area (Å²) in [5.41, 5.74) is 6.27. The van der Waals surface area contributed by atoms with Crippen molar-refractivity contribution in [1.82, 2.24) is 0 Å². The summed E-state index contributed by atoms with van der Waals surface area (Å²) in [6.45, 7) is 6.12. The predicted octanol–water partition coefficient (Wildman–Crippen LogP) is 3.46. The number of nitrogens with one attached hydrogen (secondary N) is 1. The van der Waals surface area contributed by atoms with E-state index in [1.807, 2.05) is 19.6 Å². The smallest absolute Gasteiger partial charge is 0.248 e. The van der Waals surface area contributed by atoms with E-state index in [-0.39, 0.29) is 37.4 Å². The molecule has 1 atom stereocenters. The summed E-state index contributed by atoms with van der Waals surface area (Å²) >= 11 is 0. The van der Waals surface area contributed by atoms with Crippen LogP contribution in [0, 0.1) is 11.7 Å². The topological polar surface area (TPSA) is 55.1 Å². The SMILES string of the molecule is C[Si](C)(C)c1ccc(NC(=O)C(N)C2CCC(F)(F)CC2)cc1F. The molecule has 1 amide bonds. The Morgan fingerprint density at radius 1 is 1.29 bits per heavy atom. The molecule has 0 spiro atoms. The van der Waals surface area contributed by atoms with Crippen molar-refractivity contribution in [2.24, 2.45) is 11.7 Å². The Morgan fingerprint density at radius 2 is 1.88 bits per heavy atom. The zero-order valence-corrected chi connectivity index (χ0v) is 15.3. The van der Waals surface area contributed by atoms with Crippen LogP contribution in [0.2, 0.25) is 19.6 Å². The fourth-order valence-electron chi connectivity index (χ4n) is 3.06. The Balaban J connectivity index is 2.01. The van der Waals surface area contributed by atoms with Crippen molar-refractivity contribution in [3.05, 3.63) is 24.0 Å². The minimum absolute atomic E-state index is 0.227. The zero-order valence-electron chi connectivity index (χ0n) is 14.3. The van der Waals surface area contributed by atoms with Crippen LogP contribution in [0.1, 0.15) is 25.7 Å². The van der Waals surface area contributed by atoms with Crippen LogP contribution in [0.25, 0.3) is 0 Å². The first-order valence-electron chi connectivity index (χ1n) is 8.24. The maximum atomic E-state index is 14.2. The molecule has 7 heteroatoms. The molecule has 134 valence electrons. The Morgan fingerprint density at radius 3 is 2.38 bits per heavy atom. The van der Waals surface area contributed by atoms with Crippen LogP contribution in [0.5, 0.6) is 0 Å². The first kappa shape index (κ1) is 19.0. The van der Waals surface area contributed by atoms with Crippen molar-refractivity contribution >= 4 is 24.9 Å². The summed E-state index contributed by atoms with van der Waals surface area (Å²) in [4.78, 5) is 12.2. The molecule has 0 aliphatic heterocycles. The molecule has 0 heterocycles. The van der Waals surface area contributed by atoms with Crippen LogP contribution in [0.3, 0.4) is 0 Å². The van der Waals surface area contributed by atoms with Gasteiger partial charge in [-0.05, 0) is 36.1 Å². The summed E-state index contributed by atoms with van der Waals surface area (Å²) in [7, 11) is -1.79. The molecule has 0 radical (unpaired) electrons. The molecule has 1 saturated carbocycles. The maximum Gasteiger partial charge on any atom is 0.248 e. The highest BCUT2D eigenvalue weighted by atomic mass is 28.3. The van der Waals surface area contributed by atoms with Gasteiger partial charge in [-0.1, -0.05) is 25.7 Å². The van der Waals surface area contributed by atoms with E-state index in [0.717, 1.165) is 0 Å². The first-order valence-corrected chi connectivity index (χ1v) is 11.7. The van der Waals surface area contributed by atoms with Gasteiger partial charge in [-0.25, -0.2) is 13.2 Å². The Labute approximate surface area is 141 Å². The monoisotopic (exact) mass is 358 g/mol. The van der Waals surface area contributed by atoms with Crippen LogP contribution in [-0.4, -0.2) is 25.9 Å². The second-order valence-corrected chi connectivity index (χ2v) is 12.7. The number of rotatable bonds is 4. The fraction of sp³-hybridized carbons (Fsp3) is 0.588. The van der Waals surface area contributed by atoms with Crippen LogP contribution in [-0.2, 0) is 4.79 Å².